The van der Waals surface area contributed by atoms with E-state index in [4.69, 9.17) is 9.47 Å². The molecule has 1 saturated carbocycles. The van der Waals surface area contributed by atoms with Crippen molar-refractivity contribution in [2.75, 3.05) is 7.11 Å². The third-order valence-corrected chi connectivity index (χ3v) is 4.47. The molecule has 0 spiro atoms. The minimum Gasteiger partial charge on any atom is -0.493 e. The summed E-state index contributed by atoms with van der Waals surface area (Å²) in [6.45, 7) is 1.98. The highest BCUT2D eigenvalue weighted by Gasteiger charge is 2.22. The fourth-order valence-corrected chi connectivity index (χ4v) is 3.00. The maximum Gasteiger partial charge on any atom is 0.326 e. The third kappa shape index (κ3) is 5.37. The van der Waals surface area contributed by atoms with Crippen LogP contribution in [0.2, 0.25) is 0 Å². The molecule has 0 aliphatic heterocycles. The normalized spacial score (nSPS) is 15.6. The lowest BCUT2D eigenvalue weighted by Crippen LogP contribution is -2.40. The van der Waals surface area contributed by atoms with Crippen LogP contribution in [0.4, 0.5) is 0 Å². The summed E-state index contributed by atoms with van der Waals surface area (Å²) in [5.41, 5.74) is 0.372. The van der Waals surface area contributed by atoms with Crippen molar-refractivity contribution in [2.45, 2.75) is 64.0 Å². The fraction of sp³-hybridized carbons (Fsp3) is 0.579. The second-order valence-electron chi connectivity index (χ2n) is 6.40. The first-order valence-corrected chi connectivity index (χ1v) is 8.93. The molecule has 138 valence electrons. The zero-order valence-electron chi connectivity index (χ0n) is 14.9. The van der Waals surface area contributed by atoms with Crippen molar-refractivity contribution in [3.63, 3.8) is 0 Å². The molecule has 1 aromatic rings. The molecule has 0 radical (unpaired) electrons. The van der Waals surface area contributed by atoms with E-state index in [1.54, 1.807) is 25.3 Å². The maximum atomic E-state index is 12.4. The topological polar surface area (TPSA) is 84.9 Å². The van der Waals surface area contributed by atoms with Gasteiger partial charge in [0, 0.05) is 5.56 Å². The predicted molar refractivity (Wildman–Crippen MR) is 94.3 cm³/mol. The van der Waals surface area contributed by atoms with E-state index in [0.29, 0.717) is 23.5 Å². The zero-order chi connectivity index (χ0) is 18.2. The van der Waals surface area contributed by atoms with Gasteiger partial charge in [0.25, 0.3) is 5.91 Å². The van der Waals surface area contributed by atoms with Gasteiger partial charge in [0.15, 0.2) is 11.5 Å². The minimum atomic E-state index is -1.02. The Balaban J connectivity index is 2.11. The highest BCUT2D eigenvalue weighted by molar-refractivity contribution is 5.97. The van der Waals surface area contributed by atoms with Crippen LogP contribution >= 0.6 is 0 Å². The van der Waals surface area contributed by atoms with E-state index in [9.17, 15) is 14.7 Å². The summed E-state index contributed by atoms with van der Waals surface area (Å²) < 4.78 is 11.3. The molecule has 1 aliphatic rings. The number of hydrogen-bond donors (Lipinski definition) is 2. The van der Waals surface area contributed by atoms with Gasteiger partial charge in [-0.3, -0.25) is 4.79 Å². The molecule has 1 aromatic carbocycles. The molecule has 1 aliphatic carbocycles. The Bertz CT molecular complexity index is 595. The number of nitrogens with one attached hydrogen (secondary N) is 1. The first-order valence-electron chi connectivity index (χ1n) is 8.93. The number of amides is 1. The van der Waals surface area contributed by atoms with Gasteiger partial charge in [-0.15, -0.1) is 0 Å². The van der Waals surface area contributed by atoms with E-state index in [-0.39, 0.29) is 6.10 Å². The van der Waals surface area contributed by atoms with Crippen LogP contribution in [0.5, 0.6) is 11.5 Å². The lowest BCUT2D eigenvalue weighted by atomic mass is 10.1. The molecule has 0 aromatic heterocycles. The van der Waals surface area contributed by atoms with Crippen molar-refractivity contribution in [1.29, 1.82) is 0 Å². The molecule has 25 heavy (non-hydrogen) atoms. The monoisotopic (exact) mass is 349 g/mol. The smallest absolute Gasteiger partial charge is 0.326 e. The number of carboxylic acid groups (broad SMARTS) is 1. The second kappa shape index (κ2) is 9.30. The summed E-state index contributed by atoms with van der Waals surface area (Å²) in [4.78, 5) is 23.8. The number of rotatable bonds is 9. The van der Waals surface area contributed by atoms with Crippen LogP contribution in [0.15, 0.2) is 18.2 Å². The van der Waals surface area contributed by atoms with Crippen molar-refractivity contribution in [1.82, 2.24) is 5.32 Å². The van der Waals surface area contributed by atoms with Crippen LogP contribution in [0.3, 0.4) is 0 Å². The number of hydrogen-bond acceptors (Lipinski definition) is 4. The number of carboxylic acids is 1. The summed E-state index contributed by atoms with van der Waals surface area (Å²) in [6.07, 6.45) is 6.46. The van der Waals surface area contributed by atoms with Gasteiger partial charge in [-0.2, -0.15) is 0 Å². The number of unbranched alkanes of at least 4 members (excludes halogenated alkanes) is 1. The van der Waals surface area contributed by atoms with Crippen molar-refractivity contribution in [2.24, 2.45) is 0 Å². The Hall–Kier alpha value is -2.24. The average Bonchev–Trinajstić information content (AvgIpc) is 3.11. The quantitative estimate of drug-likeness (QED) is 0.714. The number of ether oxygens (including phenoxy) is 2. The minimum absolute atomic E-state index is 0.142. The summed E-state index contributed by atoms with van der Waals surface area (Å²) >= 11 is 0. The van der Waals surface area contributed by atoms with E-state index in [0.717, 1.165) is 38.5 Å². The van der Waals surface area contributed by atoms with Crippen molar-refractivity contribution in [3.05, 3.63) is 23.8 Å². The third-order valence-electron chi connectivity index (χ3n) is 4.47. The van der Waals surface area contributed by atoms with Gasteiger partial charge in [-0.25, -0.2) is 4.79 Å². The number of aliphatic carboxylic acids is 1. The molecular formula is C19H27NO5. The van der Waals surface area contributed by atoms with Crippen LogP contribution in [-0.2, 0) is 4.79 Å². The van der Waals surface area contributed by atoms with Crippen LogP contribution in [-0.4, -0.2) is 36.2 Å². The van der Waals surface area contributed by atoms with Crippen LogP contribution in [0.25, 0.3) is 0 Å². The molecule has 2 rings (SSSR count). The number of benzene rings is 1. The highest BCUT2D eigenvalue weighted by atomic mass is 16.5. The first-order chi connectivity index (χ1) is 12.0. The number of methoxy groups -OCH3 is 1. The first kappa shape index (κ1) is 19.1. The average molecular weight is 349 g/mol. The predicted octanol–water partition coefficient (Wildman–Crippen LogP) is 3.39. The molecule has 1 unspecified atom stereocenters. The largest absolute Gasteiger partial charge is 0.493 e. The standard InChI is InChI=1S/C19H27NO5/c1-3-4-9-15(19(22)23)20-18(21)13-10-11-16(24-2)17(12-13)25-14-7-5-6-8-14/h10-12,14-15H,3-9H2,1-2H3,(H,20,21)(H,22,23). The van der Waals surface area contributed by atoms with E-state index in [1.807, 2.05) is 6.92 Å². The van der Waals surface area contributed by atoms with E-state index >= 15 is 0 Å². The molecule has 1 amide bonds. The molecule has 6 nitrogen and oxygen atoms in total. The summed E-state index contributed by atoms with van der Waals surface area (Å²) in [6, 6.07) is 4.05. The number of carbonyl (C=O) groups is 2. The molecule has 0 saturated heterocycles. The molecule has 6 heteroatoms. The summed E-state index contributed by atoms with van der Waals surface area (Å²) in [5.74, 6) is -0.327. The Morgan fingerprint density at radius 1 is 1.28 bits per heavy atom. The van der Waals surface area contributed by atoms with E-state index < -0.39 is 17.9 Å². The Kier molecular flexibility index (Phi) is 7.10. The van der Waals surface area contributed by atoms with Crippen molar-refractivity contribution < 1.29 is 24.2 Å². The summed E-state index contributed by atoms with van der Waals surface area (Å²) in [7, 11) is 1.56. The van der Waals surface area contributed by atoms with Gasteiger partial charge in [-0.05, 0) is 50.3 Å². The van der Waals surface area contributed by atoms with E-state index in [1.165, 1.54) is 0 Å². The molecule has 2 N–H and O–H groups in total. The van der Waals surface area contributed by atoms with Gasteiger partial charge in [0.05, 0.1) is 13.2 Å². The second-order valence-corrected chi connectivity index (χ2v) is 6.40. The van der Waals surface area contributed by atoms with E-state index in [2.05, 4.69) is 5.32 Å². The van der Waals surface area contributed by atoms with Gasteiger partial charge in [0.2, 0.25) is 0 Å². The Morgan fingerprint density at radius 2 is 2.00 bits per heavy atom. The summed E-state index contributed by atoms with van der Waals surface area (Å²) in [5, 5.41) is 11.9. The van der Waals surface area contributed by atoms with Gasteiger partial charge in [0.1, 0.15) is 6.04 Å². The molecule has 0 bridgehead atoms. The van der Waals surface area contributed by atoms with Crippen molar-refractivity contribution in [3.8, 4) is 11.5 Å². The van der Waals surface area contributed by atoms with Crippen LogP contribution in [0.1, 0.15) is 62.2 Å². The van der Waals surface area contributed by atoms with Gasteiger partial charge < -0.3 is 19.9 Å². The Morgan fingerprint density at radius 3 is 2.60 bits per heavy atom. The molecule has 1 fully saturated rings. The Labute approximate surface area is 148 Å². The van der Waals surface area contributed by atoms with Crippen LogP contribution in [0, 0.1) is 0 Å². The number of carbonyl (C=O) groups excluding carboxylic acids is 1. The zero-order valence-corrected chi connectivity index (χ0v) is 14.9. The van der Waals surface area contributed by atoms with Gasteiger partial charge >= 0.3 is 5.97 Å². The molecular weight excluding hydrogens is 322 g/mol. The van der Waals surface area contributed by atoms with Gasteiger partial charge in [-0.1, -0.05) is 19.8 Å². The molecule has 1 atom stereocenters. The lowest BCUT2D eigenvalue weighted by molar-refractivity contribution is -0.139. The maximum absolute atomic E-state index is 12.4. The lowest BCUT2D eigenvalue weighted by Gasteiger charge is -2.18. The highest BCUT2D eigenvalue weighted by Crippen LogP contribution is 2.32. The van der Waals surface area contributed by atoms with Crippen molar-refractivity contribution >= 4 is 11.9 Å². The SMILES string of the molecule is CCCCC(NC(=O)c1ccc(OC)c(OC2CCCC2)c1)C(=O)O. The fourth-order valence-electron chi connectivity index (χ4n) is 3.00. The van der Waals surface area contributed by atoms with Crippen LogP contribution < -0.4 is 14.8 Å². The molecule has 0 heterocycles.